The van der Waals surface area contributed by atoms with Crippen molar-refractivity contribution in [1.82, 2.24) is 19.6 Å². The van der Waals surface area contributed by atoms with Crippen molar-refractivity contribution in [2.45, 2.75) is 543 Å². The van der Waals surface area contributed by atoms with Gasteiger partial charge in [0.15, 0.2) is 0 Å². The molecule has 0 bridgehead atoms. The molecule has 125 heavy (non-hydrogen) atoms. The molecule has 0 fully saturated rings. The maximum atomic E-state index is 13.7. The number of likely N-dealkylation sites (N-methyl/N-ethyl adjacent to an activating group) is 2. The van der Waals surface area contributed by atoms with Crippen molar-refractivity contribution < 1.29 is 48.3 Å². The Kier molecular flexibility index (Phi) is 97.3. The summed E-state index contributed by atoms with van der Waals surface area (Å²) >= 11 is 0. The third kappa shape index (κ3) is 86.8. The maximum Gasteiger partial charge on any atom is 0.308 e. The lowest BCUT2D eigenvalue weighted by molar-refractivity contribution is -0.150. The Morgan fingerprint density at radius 2 is 0.464 bits per heavy atom. The fraction of sp³-hybridized carbons (Fsp3) is 0.964. The van der Waals surface area contributed by atoms with Crippen LogP contribution in [0, 0.1) is 29.6 Å². The van der Waals surface area contributed by atoms with Gasteiger partial charge in [0.25, 0.3) is 0 Å². The molecule has 0 saturated carbocycles. The lowest BCUT2D eigenvalue weighted by atomic mass is 9.88. The summed E-state index contributed by atoms with van der Waals surface area (Å²) in [5, 5.41) is 18.4. The van der Waals surface area contributed by atoms with Crippen molar-refractivity contribution in [3.8, 4) is 0 Å². The molecule has 0 amide bonds. The molecule has 0 heterocycles. The smallest absolute Gasteiger partial charge is 0.308 e. The fourth-order valence-corrected chi connectivity index (χ4v) is 18.6. The van der Waals surface area contributed by atoms with Crippen LogP contribution in [0.1, 0.15) is 543 Å². The highest BCUT2D eigenvalue weighted by atomic mass is 16.5. The number of unbranched alkanes of at least 4 members (excludes halogenated alkanes) is 50. The van der Waals surface area contributed by atoms with Crippen LogP contribution in [0.15, 0.2) is 0 Å². The lowest BCUT2D eigenvalue weighted by Gasteiger charge is -2.25. The van der Waals surface area contributed by atoms with Crippen molar-refractivity contribution in [2.75, 3.05) is 119 Å². The van der Waals surface area contributed by atoms with Gasteiger partial charge in [-0.15, -0.1) is 0 Å². The van der Waals surface area contributed by atoms with Crippen LogP contribution in [0.4, 0.5) is 0 Å². The zero-order valence-corrected chi connectivity index (χ0v) is 85.6. The molecule has 0 radical (unpaired) electrons. The molecule has 0 saturated heterocycles. The first-order valence-corrected chi connectivity index (χ1v) is 56.0. The summed E-state index contributed by atoms with van der Waals surface area (Å²) in [7, 11) is 4.58. The monoisotopic (exact) mass is 1770 g/mol. The average Bonchev–Trinajstić information content (AvgIpc) is 0.932. The Morgan fingerprint density at radius 3 is 0.800 bits per heavy atom. The minimum absolute atomic E-state index is 0.00543. The first-order valence-electron chi connectivity index (χ1n) is 56.0. The van der Waals surface area contributed by atoms with E-state index in [2.05, 4.69) is 82.2 Å². The molecular weight excluding hydrogens is 1550 g/mol. The van der Waals surface area contributed by atoms with Gasteiger partial charge in [-0.2, -0.15) is 0 Å². The topological polar surface area (TPSA) is 159 Å². The molecule has 0 aromatic heterocycles. The van der Waals surface area contributed by atoms with E-state index in [1.807, 2.05) is 0 Å². The summed E-state index contributed by atoms with van der Waals surface area (Å²) in [5.74, 6) is 1.89. The molecule has 0 rings (SSSR count). The minimum atomic E-state index is -0.00543. The normalized spacial score (nSPS) is 13.1. The zero-order valence-electron chi connectivity index (χ0n) is 85.6. The molecule has 14 heteroatoms. The molecular formula is C111H220N4O10. The van der Waals surface area contributed by atoms with Gasteiger partial charge in [0, 0.05) is 52.2 Å². The van der Waals surface area contributed by atoms with Crippen LogP contribution >= 0.6 is 0 Å². The van der Waals surface area contributed by atoms with Gasteiger partial charge in [0.05, 0.1) is 38.3 Å². The second-order valence-electron chi connectivity index (χ2n) is 39.7. The van der Waals surface area contributed by atoms with E-state index in [1.54, 1.807) is 0 Å². The maximum absolute atomic E-state index is 13.7. The van der Waals surface area contributed by atoms with Crippen molar-refractivity contribution in [1.29, 1.82) is 0 Å². The number of esters is 4. The number of carbonyl (C=O) groups excluding carboxylic acids is 4. The second-order valence-corrected chi connectivity index (χ2v) is 39.7. The number of ether oxygens (including phenoxy) is 4. The highest BCUT2D eigenvalue weighted by molar-refractivity contribution is 5.73. The summed E-state index contributed by atoms with van der Waals surface area (Å²) in [5.41, 5.74) is 0. The molecule has 0 aliphatic carbocycles. The van der Waals surface area contributed by atoms with Crippen LogP contribution < -0.4 is 0 Å². The van der Waals surface area contributed by atoms with Gasteiger partial charge in [0.2, 0.25) is 0 Å². The number of rotatable bonds is 105. The number of nitrogens with zero attached hydrogens (tertiary/aromatic N) is 4. The van der Waals surface area contributed by atoms with Crippen LogP contribution in [-0.4, -0.2) is 173 Å². The van der Waals surface area contributed by atoms with Gasteiger partial charge < -0.3 is 48.8 Å². The lowest BCUT2D eigenvalue weighted by Crippen LogP contribution is -2.35. The summed E-state index contributed by atoms with van der Waals surface area (Å²) in [6.07, 6.45) is 90.3. The predicted octanol–water partition coefficient (Wildman–Crippen LogP) is 30.9. The van der Waals surface area contributed by atoms with Gasteiger partial charge in [-0.1, -0.05) is 402 Å². The van der Waals surface area contributed by atoms with Crippen LogP contribution in [0.25, 0.3) is 0 Å². The molecule has 0 aromatic rings. The van der Waals surface area contributed by atoms with Crippen molar-refractivity contribution in [3.05, 3.63) is 0 Å². The summed E-state index contributed by atoms with van der Waals surface area (Å²) in [4.78, 5) is 63.4. The number of hydrogen-bond donors (Lipinski definition) is 2. The van der Waals surface area contributed by atoms with Crippen molar-refractivity contribution >= 4 is 23.9 Å². The highest BCUT2D eigenvalue weighted by Crippen LogP contribution is 2.29. The van der Waals surface area contributed by atoms with Crippen LogP contribution in [0.3, 0.4) is 0 Å². The average molecular weight is 1770 g/mol. The zero-order chi connectivity index (χ0) is 91.1. The van der Waals surface area contributed by atoms with E-state index in [0.29, 0.717) is 70.2 Å². The van der Waals surface area contributed by atoms with Crippen molar-refractivity contribution in [2.24, 2.45) is 29.6 Å². The molecule has 2 N–H and O–H groups in total. The Labute approximate surface area is 779 Å². The minimum Gasteiger partial charge on any atom is -0.465 e. The molecule has 14 nitrogen and oxygen atoms in total. The predicted molar refractivity (Wildman–Crippen MR) is 539 cm³/mol. The Balaban J connectivity index is 5.12. The van der Waals surface area contributed by atoms with Gasteiger partial charge >= 0.3 is 23.9 Å². The molecule has 744 valence electrons. The van der Waals surface area contributed by atoms with Gasteiger partial charge in [-0.25, -0.2) is 0 Å². The van der Waals surface area contributed by atoms with Crippen LogP contribution in [0.5, 0.6) is 0 Å². The largest absolute Gasteiger partial charge is 0.465 e. The fourth-order valence-electron chi connectivity index (χ4n) is 18.6. The van der Waals surface area contributed by atoms with E-state index in [-0.39, 0.29) is 35.7 Å². The first kappa shape index (κ1) is 123. The van der Waals surface area contributed by atoms with E-state index < -0.39 is 0 Å². The van der Waals surface area contributed by atoms with Crippen LogP contribution in [-0.2, 0) is 38.1 Å². The molecule has 5 unspecified atom stereocenters. The second kappa shape index (κ2) is 99.1. The van der Waals surface area contributed by atoms with E-state index in [1.165, 1.54) is 347 Å². The Morgan fingerprint density at radius 1 is 0.224 bits per heavy atom. The van der Waals surface area contributed by atoms with Crippen LogP contribution in [0.2, 0.25) is 0 Å². The number of aliphatic hydroxyl groups excluding tert-OH is 2. The molecule has 0 aliphatic rings. The van der Waals surface area contributed by atoms with Gasteiger partial charge in [-0.05, 0) is 200 Å². The highest BCUT2D eigenvalue weighted by Gasteiger charge is 2.23. The quantitative estimate of drug-likeness (QED) is 0.0337. The first-order chi connectivity index (χ1) is 61.3. The van der Waals surface area contributed by atoms with Gasteiger partial charge in [0.1, 0.15) is 0 Å². The van der Waals surface area contributed by atoms with E-state index in [9.17, 15) is 24.3 Å². The van der Waals surface area contributed by atoms with E-state index >= 15 is 0 Å². The standard InChI is InChI=1S/C111H220N4O10/c1-10-17-23-28-41-56-77-104(76-55-25-19-12-3)101-124-108(118)85-60-43-39-48-68-91-115(96-94-113(9)88-65-50-52-71-98-117)92-69-49-40-44-61-86-109(119)125-102-105(78-57-42-29-24-18-11-2)80-74-79-103(16-7)75-62-63-84-107(83-59-27-21-14-5)111(121)123-100-73-54-38-32-35-47-67-90-114(95-93-112(8)87-64-45-33-30-36-51-70-97-116)89-66-46-34-31-37-53-72-99-122-110(120)106(81-22-15-6)82-58-26-20-13-4/h103-107,116-117H,10-102H2,1-9H3. The summed E-state index contributed by atoms with van der Waals surface area (Å²) in [6, 6.07) is 0. The van der Waals surface area contributed by atoms with E-state index in [0.717, 1.165) is 200 Å². The molecule has 0 spiro atoms. The molecule has 0 aromatic carbocycles. The summed E-state index contributed by atoms with van der Waals surface area (Å²) < 4.78 is 24.0. The molecule has 0 aliphatic heterocycles. The third-order valence-corrected chi connectivity index (χ3v) is 27.6. The molecule has 5 atom stereocenters. The Hall–Kier alpha value is -2.36. The number of aliphatic hydroxyl groups is 2. The third-order valence-electron chi connectivity index (χ3n) is 27.6. The number of hydrogen-bond acceptors (Lipinski definition) is 14. The summed E-state index contributed by atoms with van der Waals surface area (Å²) in [6.45, 7) is 30.3. The van der Waals surface area contributed by atoms with Gasteiger partial charge in [-0.3, -0.25) is 19.2 Å². The number of carbonyl (C=O) groups is 4. The Bertz CT molecular complexity index is 2190. The van der Waals surface area contributed by atoms with E-state index in [4.69, 9.17) is 24.1 Å². The van der Waals surface area contributed by atoms with Crippen molar-refractivity contribution in [3.63, 3.8) is 0 Å². The SMILES string of the molecule is CCCCCCCCC(CCCCCC)COC(=O)CCCCCCCN(CCCCCCCC(=O)OCC(CCCCCCCC)CCCC(CC)CCCCC(CCCCCC)C(=O)OCCCCCCCCCN(CCCCCCCCCOC(=O)C(CCCC)CCCCCC)CCN(C)CCCCCCCCCO)CCN(C)CCCCCCO.